The Morgan fingerprint density at radius 3 is 1.98 bits per heavy atom. The van der Waals surface area contributed by atoms with E-state index in [1.807, 2.05) is 0 Å². The maximum Gasteiger partial charge on any atom is 4.00 e. The van der Waals surface area contributed by atoms with Gasteiger partial charge in [-0.15, -0.1) is 5.11 Å². The second-order valence-electron chi connectivity index (χ2n) is 11.3. The van der Waals surface area contributed by atoms with Crippen LogP contribution < -0.4 is 42.0 Å². The number of anilines is 3. The standard InChI is InChI=1S/C16H12N4O10S2.C16H17N4O5S.Cr/c17-9-2-4-12(31(25,26)27)8-6-13(32(28,29)30)15(16(22)14(8)9)19-18-10-5-7(20(23)24)1-3-11(10)21;1-10(21)15(16(23)18-11-5-3-2-4-6-11)20-19-13-9-12(26(17,24)25)7-8-14(13)22;/h1-6,21-22H,17H2,(H,25,26,27)(H,28,29,30);2-9,19,22H,1H3,(H2,17,24,25)(H2,18,21,23);/q;-1;+4/p-6. The van der Waals surface area contributed by atoms with E-state index in [0.29, 0.717) is 17.8 Å². The number of ketones is 1. The summed E-state index contributed by atoms with van der Waals surface area (Å²) >= 11 is 0. The van der Waals surface area contributed by atoms with Gasteiger partial charge in [0, 0.05) is 40.0 Å². The van der Waals surface area contributed by atoms with Crippen molar-refractivity contribution in [2.45, 2.75) is 21.6 Å². The number of Topliss-reactive ketones (excluding diaryl/α,β-unsaturated/α-hetero) is 1. The Kier molecular flexibility index (Phi) is 14.6. The van der Waals surface area contributed by atoms with E-state index in [-0.39, 0.29) is 33.6 Å². The van der Waals surface area contributed by atoms with Crippen LogP contribution in [0.4, 0.5) is 34.1 Å². The van der Waals surface area contributed by atoms with Crippen molar-refractivity contribution >= 4 is 80.9 Å². The molecule has 0 saturated carbocycles. The number of nitrogens with zero attached hydrogens (tertiary/aromatic N) is 4. The molecule has 27 heteroatoms. The molecule has 0 aromatic heterocycles. The van der Waals surface area contributed by atoms with Gasteiger partial charge in [0.1, 0.15) is 26.0 Å². The van der Waals surface area contributed by atoms with E-state index in [1.54, 1.807) is 30.3 Å². The Bertz CT molecular complexity index is 2860. The smallest absolute Gasteiger partial charge is 0.871 e. The number of azo groups is 1. The van der Waals surface area contributed by atoms with E-state index >= 15 is 0 Å². The molecule has 0 heterocycles. The molecule has 23 nitrogen and oxygen atoms in total. The number of nitro groups is 1. The second-order valence-corrected chi connectivity index (χ2v) is 15.6. The summed E-state index contributed by atoms with van der Waals surface area (Å²) in [5, 5.41) is 72.3. The molecule has 59 heavy (non-hydrogen) atoms. The van der Waals surface area contributed by atoms with Crippen molar-refractivity contribution in [2.75, 3.05) is 16.5 Å². The molecule has 6 N–H and O–H groups in total. The number of sulfonamides is 1. The molecule has 0 spiro atoms. The number of nitro benzene ring substituents is 1. The number of carbonyl (C=O) groups excluding carboxylic acids is 1. The number of nitrogens with one attached hydrogen (secondary N) is 2. The van der Waals surface area contributed by atoms with Crippen LogP contribution in [0.3, 0.4) is 0 Å². The van der Waals surface area contributed by atoms with Gasteiger partial charge in [0.25, 0.3) is 5.69 Å². The Labute approximate surface area is 344 Å². The zero-order valence-electron chi connectivity index (χ0n) is 29.3. The molecule has 0 radical (unpaired) electrons. The Hall–Kier alpha value is -6.57. The Balaban J connectivity index is 0.000000317. The quantitative estimate of drug-likeness (QED) is 0.0258. The average molecular weight is 908 g/mol. The molecular formula is C32H23CrN8O15S3-3. The minimum atomic E-state index is -5.49. The first kappa shape index (κ1) is 46.8. The summed E-state index contributed by atoms with van der Waals surface area (Å²) in [6.45, 7) is 1.13. The predicted molar refractivity (Wildman–Crippen MR) is 192 cm³/mol. The molecule has 0 atom stereocenters. The molecule has 308 valence electrons. The van der Waals surface area contributed by atoms with Gasteiger partial charge in [-0.2, -0.15) is 5.11 Å². The number of hydrogen-bond donors (Lipinski definition) is 4. The van der Waals surface area contributed by atoms with Crippen LogP contribution in [-0.2, 0) is 52.4 Å². The van der Waals surface area contributed by atoms with Crippen LogP contribution in [0, 0.1) is 10.1 Å². The van der Waals surface area contributed by atoms with E-state index in [1.165, 1.54) is 0 Å². The molecule has 0 aliphatic carbocycles. The summed E-state index contributed by atoms with van der Waals surface area (Å²) in [4.78, 5) is 19.0. The molecule has 0 aliphatic rings. The predicted octanol–water partition coefficient (Wildman–Crippen LogP) is 1.04. The number of para-hydroxylation sites is 1. The number of rotatable bonds is 12. The number of carbonyl (C=O) groups is 1. The third-order valence-electron chi connectivity index (χ3n) is 7.29. The number of fused-ring (bicyclic) bond motifs is 1. The van der Waals surface area contributed by atoms with Crippen LogP contribution in [0.1, 0.15) is 6.92 Å². The molecule has 5 aromatic rings. The molecular weight excluding hydrogens is 885 g/mol. The third kappa shape index (κ3) is 11.5. The van der Waals surface area contributed by atoms with Gasteiger partial charge in [0.15, 0.2) is 0 Å². The fraction of sp³-hybridized carbons (Fsp3) is 0.0312. The van der Waals surface area contributed by atoms with E-state index in [2.05, 4.69) is 26.4 Å². The number of nitrogen functional groups attached to an aromatic ring is 1. The first-order valence-corrected chi connectivity index (χ1v) is 19.7. The summed E-state index contributed by atoms with van der Waals surface area (Å²) < 4.78 is 92.3. The molecule has 0 amide bonds. The van der Waals surface area contributed by atoms with Gasteiger partial charge >= 0.3 is 17.4 Å². The number of hydrogen-bond acceptors (Lipinski definition) is 20. The van der Waals surface area contributed by atoms with Gasteiger partial charge in [0.2, 0.25) is 10.0 Å². The summed E-state index contributed by atoms with van der Waals surface area (Å²) in [6.07, 6.45) is 0. The zero-order chi connectivity index (χ0) is 43.3. The topological polar surface area (TPSA) is 416 Å². The van der Waals surface area contributed by atoms with Crippen molar-refractivity contribution in [3.63, 3.8) is 0 Å². The molecule has 0 fully saturated rings. The monoisotopic (exact) mass is 907 g/mol. The Morgan fingerprint density at radius 2 is 1.42 bits per heavy atom. The zero-order valence-corrected chi connectivity index (χ0v) is 33.0. The van der Waals surface area contributed by atoms with Gasteiger partial charge in [-0.3, -0.25) is 14.9 Å². The minimum absolute atomic E-state index is 0. The van der Waals surface area contributed by atoms with Crippen molar-refractivity contribution in [3.8, 4) is 17.2 Å². The van der Waals surface area contributed by atoms with Gasteiger partial charge in [-0.1, -0.05) is 59.2 Å². The van der Waals surface area contributed by atoms with E-state index in [4.69, 9.17) is 10.9 Å². The van der Waals surface area contributed by atoms with E-state index in [9.17, 15) is 69.7 Å². The minimum Gasteiger partial charge on any atom is -0.871 e. The average Bonchev–Trinajstić information content (AvgIpc) is 3.11. The fourth-order valence-corrected chi connectivity index (χ4v) is 6.48. The van der Waals surface area contributed by atoms with Crippen LogP contribution >= 0.6 is 0 Å². The first-order valence-electron chi connectivity index (χ1n) is 15.3. The summed E-state index contributed by atoms with van der Waals surface area (Å²) in [5.41, 5.74) is 8.54. The van der Waals surface area contributed by atoms with Gasteiger partial charge in [0.05, 0.1) is 31.0 Å². The molecule has 0 bridgehead atoms. The molecule has 0 saturated heterocycles. The van der Waals surface area contributed by atoms with Crippen molar-refractivity contribution in [1.82, 2.24) is 0 Å². The van der Waals surface area contributed by atoms with E-state index < -0.39 is 107 Å². The summed E-state index contributed by atoms with van der Waals surface area (Å²) in [5.74, 6) is -4.28. The maximum absolute atomic E-state index is 12.9. The van der Waals surface area contributed by atoms with Crippen molar-refractivity contribution in [2.24, 2.45) is 15.4 Å². The summed E-state index contributed by atoms with van der Waals surface area (Å²) in [7, 11) is -14.7. The molecule has 5 aromatic carbocycles. The van der Waals surface area contributed by atoms with Gasteiger partial charge in [-0.25, -0.2) is 30.4 Å². The fourth-order valence-electron chi connectivity index (χ4n) is 4.64. The van der Waals surface area contributed by atoms with Crippen LogP contribution in [0.2, 0.25) is 0 Å². The van der Waals surface area contributed by atoms with Crippen molar-refractivity contribution in [3.05, 3.63) is 112 Å². The van der Waals surface area contributed by atoms with Crippen LogP contribution in [-0.4, -0.2) is 45.1 Å². The number of primary sulfonamides is 1. The van der Waals surface area contributed by atoms with E-state index in [0.717, 1.165) is 49.4 Å². The van der Waals surface area contributed by atoms with Crippen molar-refractivity contribution < 1.29 is 81.9 Å². The van der Waals surface area contributed by atoms with Crippen LogP contribution in [0.15, 0.2) is 121 Å². The van der Waals surface area contributed by atoms with Gasteiger partial charge in [-0.05, 0) is 49.4 Å². The van der Waals surface area contributed by atoms with Crippen LogP contribution in [0.25, 0.3) is 16.2 Å². The number of non-ortho nitro benzene ring substituents is 1. The van der Waals surface area contributed by atoms with Crippen LogP contribution in [0.5, 0.6) is 17.2 Å². The molecule has 0 unspecified atom stereocenters. The third-order valence-corrected chi connectivity index (χ3v) is 9.94. The number of benzene rings is 5. The first-order chi connectivity index (χ1) is 26.9. The molecule has 5 rings (SSSR count). The summed E-state index contributed by atoms with van der Waals surface area (Å²) in [6, 6.07) is 15.8. The Morgan fingerprint density at radius 1 is 0.814 bits per heavy atom. The number of nitrogens with two attached hydrogens (primary N) is 2. The van der Waals surface area contributed by atoms with Gasteiger partial charge < -0.3 is 51.4 Å². The van der Waals surface area contributed by atoms with Crippen molar-refractivity contribution in [1.29, 1.82) is 0 Å². The largest absolute Gasteiger partial charge is 4.00 e. The SMILES string of the molecule is CC(=O)/C([N-]Nc1cc(S(N)(=O)=O)ccc1[O-])=C(/[O-])Nc1ccccc1.Nc1ccc(S(=O)(=O)[O-])c2cc(S(=O)(=O)[O-])c(N=Nc3cc([N+](=O)[O-])ccc3[O-])c([O-])c12.[Cr+4]. The maximum atomic E-state index is 12.9. The normalized spacial score (nSPS) is 12.1. The molecule has 0 aliphatic heterocycles. The second kappa shape index (κ2) is 18.4. The number of allylic oxidation sites excluding steroid dienone is 1.